The van der Waals surface area contributed by atoms with Gasteiger partial charge in [0.05, 0.1) is 29.2 Å². The number of anilines is 3. The normalized spacial score (nSPS) is 16.6. The lowest BCUT2D eigenvalue weighted by Gasteiger charge is -2.33. The summed E-state index contributed by atoms with van der Waals surface area (Å²) in [5, 5.41) is 8.60. The van der Waals surface area contributed by atoms with Gasteiger partial charge in [0.15, 0.2) is 0 Å². The third kappa shape index (κ3) is 4.62. The smallest absolute Gasteiger partial charge is 0.257 e. The van der Waals surface area contributed by atoms with Crippen molar-refractivity contribution in [2.24, 2.45) is 0 Å². The minimum Gasteiger partial charge on any atom is -0.354 e. The molecule has 5 aromatic rings. The lowest BCUT2D eigenvalue weighted by molar-refractivity contribution is 0.0726. The molecule has 11 heteroatoms. The summed E-state index contributed by atoms with van der Waals surface area (Å²) in [6.45, 7) is 5.67. The number of hydrogen-bond acceptors (Lipinski definition) is 8. The minimum atomic E-state index is 0.0517. The Morgan fingerprint density at radius 1 is 0.950 bits per heavy atom. The summed E-state index contributed by atoms with van der Waals surface area (Å²) in [6.07, 6.45) is 12.5. The molecule has 40 heavy (non-hydrogen) atoms. The molecule has 11 nitrogen and oxygen atoms in total. The van der Waals surface area contributed by atoms with Crippen LogP contribution in [0.2, 0.25) is 0 Å². The molecular formula is C29H32N10O. The average molecular weight is 537 g/mol. The fourth-order valence-electron chi connectivity index (χ4n) is 5.60. The molecule has 2 aliphatic rings. The van der Waals surface area contributed by atoms with Crippen LogP contribution in [-0.2, 0) is 0 Å². The van der Waals surface area contributed by atoms with E-state index < -0.39 is 0 Å². The molecule has 0 aliphatic carbocycles. The van der Waals surface area contributed by atoms with Crippen LogP contribution in [-0.4, -0.2) is 91.6 Å². The van der Waals surface area contributed by atoms with Gasteiger partial charge in [0, 0.05) is 68.8 Å². The number of nitrogens with zero attached hydrogens (tertiary/aromatic N) is 8. The molecule has 5 aromatic heterocycles. The van der Waals surface area contributed by atoms with Crippen LogP contribution >= 0.6 is 0 Å². The summed E-state index contributed by atoms with van der Waals surface area (Å²) < 4.78 is 1.76. The van der Waals surface area contributed by atoms with Gasteiger partial charge in [-0.2, -0.15) is 10.1 Å². The van der Waals surface area contributed by atoms with Crippen molar-refractivity contribution in [1.82, 2.24) is 39.3 Å². The molecule has 2 fully saturated rings. The second kappa shape index (κ2) is 10.2. The van der Waals surface area contributed by atoms with Crippen molar-refractivity contribution in [1.29, 1.82) is 0 Å². The molecule has 7 heterocycles. The molecule has 2 saturated heterocycles. The van der Waals surface area contributed by atoms with Gasteiger partial charge in [-0.3, -0.25) is 4.79 Å². The maximum atomic E-state index is 13.2. The van der Waals surface area contributed by atoms with Crippen molar-refractivity contribution in [2.45, 2.75) is 19.3 Å². The van der Waals surface area contributed by atoms with E-state index in [-0.39, 0.29) is 5.91 Å². The highest BCUT2D eigenvalue weighted by atomic mass is 16.2. The summed E-state index contributed by atoms with van der Waals surface area (Å²) >= 11 is 0. The highest BCUT2D eigenvalue weighted by Gasteiger charge is 2.22. The second-order valence-corrected chi connectivity index (χ2v) is 10.6. The van der Waals surface area contributed by atoms with E-state index in [1.54, 1.807) is 10.7 Å². The minimum absolute atomic E-state index is 0.0517. The van der Waals surface area contributed by atoms with E-state index >= 15 is 0 Å². The number of piperazine rings is 1. The van der Waals surface area contributed by atoms with Gasteiger partial charge in [-0.05, 0) is 56.1 Å². The first-order valence-corrected chi connectivity index (χ1v) is 13.9. The summed E-state index contributed by atoms with van der Waals surface area (Å²) in [5.74, 6) is 1.53. The van der Waals surface area contributed by atoms with Gasteiger partial charge < -0.3 is 25.0 Å². The number of aromatic amines is 1. The molecule has 7 rings (SSSR count). The third-order valence-electron chi connectivity index (χ3n) is 7.97. The van der Waals surface area contributed by atoms with Gasteiger partial charge in [0.1, 0.15) is 11.5 Å². The van der Waals surface area contributed by atoms with Crippen molar-refractivity contribution in [3.63, 3.8) is 0 Å². The predicted molar refractivity (Wildman–Crippen MR) is 155 cm³/mol. The lowest BCUT2D eigenvalue weighted by atomic mass is 10.1. The van der Waals surface area contributed by atoms with Crippen LogP contribution < -0.4 is 10.2 Å². The number of carbonyl (C=O) groups is 1. The number of pyridine rings is 2. The van der Waals surface area contributed by atoms with Crippen LogP contribution in [0.15, 0.2) is 55.2 Å². The average Bonchev–Trinajstić information content (AvgIpc) is 3.62. The molecule has 1 amide bonds. The van der Waals surface area contributed by atoms with Gasteiger partial charge in [-0.15, -0.1) is 0 Å². The van der Waals surface area contributed by atoms with Crippen molar-refractivity contribution in [3.8, 4) is 11.1 Å². The van der Waals surface area contributed by atoms with E-state index in [4.69, 9.17) is 4.98 Å². The molecular weight excluding hydrogens is 504 g/mol. The fourth-order valence-corrected chi connectivity index (χ4v) is 5.60. The fraction of sp³-hybridized carbons (Fsp3) is 0.345. The number of aromatic nitrogens is 6. The van der Waals surface area contributed by atoms with Crippen LogP contribution in [0.4, 0.5) is 17.5 Å². The van der Waals surface area contributed by atoms with Crippen LogP contribution in [0, 0.1) is 0 Å². The molecule has 0 atom stereocenters. The van der Waals surface area contributed by atoms with Crippen molar-refractivity contribution < 1.29 is 4.79 Å². The number of hydrogen-bond donors (Lipinski definition) is 2. The van der Waals surface area contributed by atoms with Gasteiger partial charge in [0.2, 0.25) is 5.95 Å². The standard InChI is InChI=1S/C29H32N10O/c1-36-11-13-37(14-12-36)26-6-5-21(16-30-26)34-29-32-18-23-22(17-31-27(23)35-29)20-7-10-39-25(15-20)24(19-33-39)28(40)38-8-3-2-4-9-38/h5-7,10,15-19H,2-4,8-9,11-14H2,1H3,(H2,31,32,34,35). The molecule has 0 unspecified atom stereocenters. The number of nitrogens with one attached hydrogen (secondary N) is 2. The Morgan fingerprint density at radius 3 is 2.60 bits per heavy atom. The Bertz CT molecular complexity index is 1660. The lowest BCUT2D eigenvalue weighted by Crippen LogP contribution is -2.44. The van der Waals surface area contributed by atoms with Crippen LogP contribution in [0.3, 0.4) is 0 Å². The maximum Gasteiger partial charge on any atom is 0.257 e. The first-order valence-electron chi connectivity index (χ1n) is 13.9. The molecule has 0 radical (unpaired) electrons. The van der Waals surface area contributed by atoms with Crippen LogP contribution in [0.25, 0.3) is 27.7 Å². The van der Waals surface area contributed by atoms with E-state index in [1.165, 1.54) is 6.42 Å². The summed E-state index contributed by atoms with van der Waals surface area (Å²) in [7, 11) is 2.15. The molecule has 0 spiro atoms. The molecule has 0 bridgehead atoms. The molecule has 2 aliphatic heterocycles. The highest BCUT2D eigenvalue weighted by Crippen LogP contribution is 2.30. The molecule has 2 N–H and O–H groups in total. The highest BCUT2D eigenvalue weighted by molar-refractivity contribution is 6.02. The second-order valence-electron chi connectivity index (χ2n) is 10.6. The van der Waals surface area contributed by atoms with E-state index in [0.29, 0.717) is 11.5 Å². The third-order valence-corrected chi connectivity index (χ3v) is 7.97. The molecule has 204 valence electrons. The number of H-pyrrole nitrogens is 1. The Morgan fingerprint density at radius 2 is 1.80 bits per heavy atom. The van der Waals surface area contributed by atoms with E-state index in [1.807, 2.05) is 54.0 Å². The van der Waals surface area contributed by atoms with Crippen molar-refractivity contribution >= 4 is 39.9 Å². The Labute approximate surface area is 231 Å². The summed E-state index contributed by atoms with van der Waals surface area (Å²) in [6, 6.07) is 8.07. The Hall–Kier alpha value is -4.51. The zero-order valence-corrected chi connectivity index (χ0v) is 22.5. The number of piperidine rings is 1. The number of likely N-dealkylation sites (tertiary alicyclic amines) is 1. The number of rotatable bonds is 5. The Balaban J connectivity index is 1.11. The monoisotopic (exact) mass is 536 g/mol. The number of likely N-dealkylation sites (N-methyl/N-ethyl adjacent to an activating group) is 1. The number of amides is 1. The van der Waals surface area contributed by atoms with Gasteiger partial charge in [-0.25, -0.2) is 14.5 Å². The van der Waals surface area contributed by atoms with E-state index in [9.17, 15) is 4.79 Å². The van der Waals surface area contributed by atoms with Gasteiger partial charge in [0.25, 0.3) is 5.91 Å². The van der Waals surface area contributed by atoms with Crippen LogP contribution in [0.5, 0.6) is 0 Å². The van der Waals surface area contributed by atoms with Crippen molar-refractivity contribution in [3.05, 3.63) is 60.8 Å². The van der Waals surface area contributed by atoms with Gasteiger partial charge in [-0.1, -0.05) is 0 Å². The zero-order chi connectivity index (χ0) is 27.1. The van der Waals surface area contributed by atoms with E-state index in [0.717, 1.165) is 91.3 Å². The predicted octanol–water partition coefficient (Wildman–Crippen LogP) is 3.79. The number of carbonyl (C=O) groups excluding carboxylic acids is 1. The molecule has 0 aromatic carbocycles. The SMILES string of the molecule is CN1CCN(c2ccc(Nc3ncc4c(-c5ccn6ncc(C(=O)N7CCCCC7)c6c5)c[nH]c4n3)cn2)CC1. The topological polar surface area (TPSA) is 111 Å². The largest absolute Gasteiger partial charge is 0.354 e. The zero-order valence-electron chi connectivity index (χ0n) is 22.5. The Kier molecular flexibility index (Phi) is 6.27. The quantitative estimate of drug-likeness (QED) is 0.349. The summed E-state index contributed by atoms with van der Waals surface area (Å²) in [4.78, 5) is 37.0. The molecule has 0 saturated carbocycles. The number of fused-ring (bicyclic) bond motifs is 2. The maximum absolute atomic E-state index is 13.2. The van der Waals surface area contributed by atoms with Crippen LogP contribution in [0.1, 0.15) is 29.6 Å². The first-order chi connectivity index (χ1) is 19.6. The van der Waals surface area contributed by atoms with Gasteiger partial charge >= 0.3 is 0 Å². The summed E-state index contributed by atoms with van der Waals surface area (Å²) in [5.41, 5.74) is 4.95. The van der Waals surface area contributed by atoms with Crippen molar-refractivity contribution in [2.75, 3.05) is 56.5 Å². The first kappa shape index (κ1) is 24.5. The van der Waals surface area contributed by atoms with E-state index in [2.05, 4.69) is 42.2 Å².